The van der Waals surface area contributed by atoms with Crippen molar-refractivity contribution in [3.63, 3.8) is 0 Å². The van der Waals surface area contributed by atoms with Gasteiger partial charge >= 0.3 is 5.97 Å². The Labute approximate surface area is 83.6 Å². The predicted molar refractivity (Wildman–Crippen MR) is 50.8 cm³/mol. The zero-order valence-corrected chi connectivity index (χ0v) is 8.67. The van der Waals surface area contributed by atoms with Crippen molar-refractivity contribution in [1.29, 1.82) is 0 Å². The monoisotopic (exact) mass is 200 g/mol. The summed E-state index contributed by atoms with van der Waals surface area (Å²) in [6.45, 7) is 1.50. The van der Waals surface area contributed by atoms with Gasteiger partial charge < -0.3 is 9.53 Å². The largest absolute Gasteiger partial charge is 0.469 e. The van der Waals surface area contributed by atoms with E-state index >= 15 is 0 Å². The van der Waals surface area contributed by atoms with Crippen LogP contribution in [0.5, 0.6) is 0 Å². The van der Waals surface area contributed by atoms with Gasteiger partial charge in [0.25, 0.3) is 0 Å². The maximum absolute atomic E-state index is 11.1. The molecule has 0 atom stereocenters. The number of rotatable bonds is 7. The first-order valence-electron chi connectivity index (χ1n) is 4.64. The number of methoxy groups -OCH3 is 1. The number of carbonyl (C=O) groups excluding carboxylic acids is 3. The molecule has 0 aromatic carbocycles. The molecule has 0 aromatic heterocycles. The molecule has 0 saturated heterocycles. The molecule has 4 nitrogen and oxygen atoms in total. The van der Waals surface area contributed by atoms with E-state index < -0.39 is 0 Å². The lowest BCUT2D eigenvalue weighted by Gasteiger charge is -1.99. The summed E-state index contributed by atoms with van der Waals surface area (Å²) in [5.41, 5.74) is 0. The van der Waals surface area contributed by atoms with Crippen molar-refractivity contribution in [3.8, 4) is 0 Å². The molecule has 0 saturated carbocycles. The molecule has 0 radical (unpaired) electrons. The average molecular weight is 200 g/mol. The molecule has 0 aliphatic heterocycles. The average Bonchev–Trinajstić information content (AvgIpc) is 2.13. The Kier molecular flexibility index (Phi) is 6.62. The number of ketones is 2. The van der Waals surface area contributed by atoms with Crippen molar-refractivity contribution >= 4 is 17.5 Å². The minimum Gasteiger partial charge on any atom is -0.469 e. The normalized spacial score (nSPS) is 9.57. The standard InChI is InChI=1S/C10H16O4/c1-8(11)4-3-5-9(12)6-7-10(13)14-2/h3-7H2,1-2H3. The van der Waals surface area contributed by atoms with Crippen molar-refractivity contribution in [1.82, 2.24) is 0 Å². The van der Waals surface area contributed by atoms with Gasteiger partial charge in [0.2, 0.25) is 0 Å². The molecule has 0 bridgehead atoms. The van der Waals surface area contributed by atoms with Crippen LogP contribution in [0.1, 0.15) is 39.0 Å². The summed E-state index contributed by atoms with van der Waals surface area (Å²) in [6, 6.07) is 0. The summed E-state index contributed by atoms with van der Waals surface area (Å²) in [4.78, 5) is 32.3. The highest BCUT2D eigenvalue weighted by Gasteiger charge is 2.06. The third kappa shape index (κ3) is 7.46. The summed E-state index contributed by atoms with van der Waals surface area (Å²) < 4.78 is 4.40. The van der Waals surface area contributed by atoms with Crippen molar-refractivity contribution in [2.45, 2.75) is 39.0 Å². The van der Waals surface area contributed by atoms with Gasteiger partial charge in [0.15, 0.2) is 0 Å². The molecule has 0 aliphatic carbocycles. The van der Waals surface area contributed by atoms with Gasteiger partial charge in [0, 0.05) is 19.3 Å². The lowest BCUT2D eigenvalue weighted by Crippen LogP contribution is -2.05. The summed E-state index contributed by atoms with van der Waals surface area (Å²) in [5.74, 6) is -0.271. The maximum Gasteiger partial charge on any atom is 0.305 e. The van der Waals surface area contributed by atoms with E-state index in [-0.39, 0.29) is 30.4 Å². The number of hydrogen-bond acceptors (Lipinski definition) is 4. The van der Waals surface area contributed by atoms with E-state index in [0.717, 1.165) is 0 Å². The molecular weight excluding hydrogens is 184 g/mol. The maximum atomic E-state index is 11.1. The smallest absolute Gasteiger partial charge is 0.305 e. The molecule has 0 heterocycles. The first-order valence-corrected chi connectivity index (χ1v) is 4.64. The quantitative estimate of drug-likeness (QED) is 0.580. The van der Waals surface area contributed by atoms with Crippen molar-refractivity contribution in [2.24, 2.45) is 0 Å². The highest BCUT2D eigenvalue weighted by atomic mass is 16.5. The highest BCUT2D eigenvalue weighted by molar-refractivity contribution is 5.83. The molecule has 0 aliphatic rings. The highest BCUT2D eigenvalue weighted by Crippen LogP contribution is 2.02. The number of Topliss-reactive ketones (excluding diaryl/α,β-unsaturated/α-hetero) is 2. The zero-order valence-electron chi connectivity index (χ0n) is 8.67. The number of carbonyl (C=O) groups is 3. The molecule has 0 fully saturated rings. The zero-order chi connectivity index (χ0) is 11.0. The van der Waals surface area contributed by atoms with Crippen LogP contribution in [0.15, 0.2) is 0 Å². The van der Waals surface area contributed by atoms with Gasteiger partial charge in [-0.15, -0.1) is 0 Å². The van der Waals surface area contributed by atoms with Crippen LogP contribution >= 0.6 is 0 Å². The second-order valence-electron chi connectivity index (χ2n) is 3.17. The van der Waals surface area contributed by atoms with Gasteiger partial charge in [0.1, 0.15) is 11.6 Å². The summed E-state index contributed by atoms with van der Waals surface area (Å²) >= 11 is 0. The van der Waals surface area contributed by atoms with Gasteiger partial charge in [0.05, 0.1) is 13.5 Å². The first-order chi connectivity index (χ1) is 6.56. The van der Waals surface area contributed by atoms with Gasteiger partial charge in [-0.1, -0.05) is 0 Å². The van der Waals surface area contributed by atoms with Crippen LogP contribution in [0.4, 0.5) is 0 Å². The van der Waals surface area contributed by atoms with Crippen LogP contribution in [-0.2, 0) is 19.1 Å². The third-order valence-corrected chi connectivity index (χ3v) is 1.82. The summed E-state index contributed by atoms with van der Waals surface area (Å²) in [5, 5.41) is 0. The third-order valence-electron chi connectivity index (χ3n) is 1.82. The Bertz CT molecular complexity index is 220. The van der Waals surface area contributed by atoms with Crippen LogP contribution in [0.25, 0.3) is 0 Å². The fourth-order valence-corrected chi connectivity index (χ4v) is 1.00. The van der Waals surface area contributed by atoms with Crippen LogP contribution < -0.4 is 0 Å². The molecule has 80 valence electrons. The Morgan fingerprint density at radius 3 is 2.14 bits per heavy atom. The van der Waals surface area contributed by atoms with Crippen molar-refractivity contribution in [3.05, 3.63) is 0 Å². The fraction of sp³-hybridized carbons (Fsp3) is 0.700. The molecule has 0 rings (SSSR count). The van der Waals surface area contributed by atoms with E-state index in [1.54, 1.807) is 0 Å². The minimum atomic E-state index is -0.370. The first kappa shape index (κ1) is 12.8. The molecule has 14 heavy (non-hydrogen) atoms. The van der Waals surface area contributed by atoms with Crippen LogP contribution in [0, 0.1) is 0 Å². The Morgan fingerprint density at radius 2 is 1.64 bits per heavy atom. The van der Waals surface area contributed by atoms with E-state index in [4.69, 9.17) is 0 Å². The van der Waals surface area contributed by atoms with E-state index in [2.05, 4.69) is 4.74 Å². The van der Waals surface area contributed by atoms with Gasteiger partial charge in [-0.3, -0.25) is 9.59 Å². The van der Waals surface area contributed by atoms with Gasteiger partial charge in [-0.2, -0.15) is 0 Å². The molecule has 0 aromatic rings. The second-order valence-corrected chi connectivity index (χ2v) is 3.17. The Morgan fingerprint density at radius 1 is 1.00 bits per heavy atom. The van der Waals surface area contributed by atoms with Crippen molar-refractivity contribution in [2.75, 3.05) is 7.11 Å². The van der Waals surface area contributed by atoms with Crippen LogP contribution in [0.2, 0.25) is 0 Å². The van der Waals surface area contributed by atoms with E-state index in [9.17, 15) is 14.4 Å². The van der Waals surface area contributed by atoms with Crippen molar-refractivity contribution < 1.29 is 19.1 Å². The summed E-state index contributed by atoms with van der Waals surface area (Å²) in [6.07, 6.45) is 1.73. The van der Waals surface area contributed by atoms with Crippen LogP contribution in [0.3, 0.4) is 0 Å². The van der Waals surface area contributed by atoms with Gasteiger partial charge in [-0.05, 0) is 13.3 Å². The molecule has 0 amide bonds. The molecular formula is C10H16O4. The lowest BCUT2D eigenvalue weighted by atomic mass is 10.1. The molecule has 0 unspecified atom stereocenters. The number of ether oxygens (including phenoxy) is 1. The fourth-order valence-electron chi connectivity index (χ4n) is 1.00. The molecule has 4 heteroatoms. The second kappa shape index (κ2) is 7.24. The minimum absolute atomic E-state index is 0.0108. The molecule has 0 spiro atoms. The van der Waals surface area contributed by atoms with E-state index in [1.807, 2.05) is 0 Å². The number of hydrogen-bond donors (Lipinski definition) is 0. The SMILES string of the molecule is COC(=O)CCC(=O)CCCC(C)=O. The van der Waals surface area contributed by atoms with E-state index in [0.29, 0.717) is 19.3 Å². The Hall–Kier alpha value is -1.19. The predicted octanol–water partition coefficient (Wildman–Crippen LogP) is 1.27. The topological polar surface area (TPSA) is 60.4 Å². The van der Waals surface area contributed by atoms with E-state index in [1.165, 1.54) is 14.0 Å². The Balaban J connectivity index is 3.46. The van der Waals surface area contributed by atoms with Gasteiger partial charge in [-0.25, -0.2) is 0 Å². The number of esters is 1. The van der Waals surface area contributed by atoms with Crippen LogP contribution in [-0.4, -0.2) is 24.6 Å². The summed E-state index contributed by atoms with van der Waals surface area (Å²) in [7, 11) is 1.29. The lowest BCUT2D eigenvalue weighted by molar-refractivity contribution is -0.142. The molecule has 0 N–H and O–H groups in total.